The van der Waals surface area contributed by atoms with Gasteiger partial charge < -0.3 is 10.2 Å². The van der Waals surface area contributed by atoms with Crippen molar-refractivity contribution in [1.82, 2.24) is 14.5 Å². The third kappa shape index (κ3) is 4.57. The van der Waals surface area contributed by atoms with Crippen molar-refractivity contribution in [2.45, 2.75) is 74.1 Å². The van der Waals surface area contributed by atoms with Gasteiger partial charge in [0.25, 0.3) is 10.0 Å². The molecule has 166 valence electrons. The van der Waals surface area contributed by atoms with Gasteiger partial charge in [-0.15, -0.1) is 11.3 Å². The molecule has 3 aliphatic rings. The molecular weight excluding hydrogens is 422 g/mol. The SMILES string of the molecule is O=C(NC1CCCCC1)C1CCCN(C(=O)C2CCCN2S(=O)(=O)c2cccs2)C1. The Bertz CT molecular complexity index is 850. The Hall–Kier alpha value is -1.45. The highest BCUT2D eigenvalue weighted by molar-refractivity contribution is 7.91. The minimum atomic E-state index is -3.65. The van der Waals surface area contributed by atoms with Gasteiger partial charge in [-0.3, -0.25) is 9.59 Å². The second-order valence-corrected chi connectivity index (χ2v) is 11.7. The zero-order valence-corrected chi connectivity index (χ0v) is 18.9. The average Bonchev–Trinajstić information content (AvgIpc) is 3.47. The molecule has 2 atom stereocenters. The summed E-state index contributed by atoms with van der Waals surface area (Å²) in [5, 5.41) is 4.92. The van der Waals surface area contributed by atoms with E-state index in [2.05, 4.69) is 5.32 Å². The predicted octanol–water partition coefficient (Wildman–Crippen LogP) is 2.59. The van der Waals surface area contributed by atoms with Gasteiger partial charge in [0.05, 0.1) is 5.92 Å². The molecule has 0 aromatic carbocycles. The number of carbonyl (C=O) groups excluding carboxylic acids is 2. The van der Waals surface area contributed by atoms with Gasteiger partial charge in [-0.25, -0.2) is 8.42 Å². The number of hydrogen-bond donors (Lipinski definition) is 1. The summed E-state index contributed by atoms with van der Waals surface area (Å²) in [5.74, 6) is -0.301. The van der Waals surface area contributed by atoms with Crippen LogP contribution in [0.15, 0.2) is 21.7 Å². The van der Waals surface area contributed by atoms with Crippen LogP contribution in [0.4, 0.5) is 0 Å². The quantitative estimate of drug-likeness (QED) is 0.742. The number of hydrogen-bond acceptors (Lipinski definition) is 5. The van der Waals surface area contributed by atoms with Crippen LogP contribution in [0.25, 0.3) is 0 Å². The van der Waals surface area contributed by atoms with Crippen molar-refractivity contribution in [3.63, 3.8) is 0 Å². The predicted molar refractivity (Wildman–Crippen MR) is 116 cm³/mol. The summed E-state index contributed by atoms with van der Waals surface area (Å²) in [7, 11) is -3.65. The number of nitrogens with one attached hydrogen (secondary N) is 1. The lowest BCUT2D eigenvalue weighted by Gasteiger charge is -2.36. The van der Waals surface area contributed by atoms with E-state index in [9.17, 15) is 18.0 Å². The molecule has 2 saturated heterocycles. The molecular formula is C21H31N3O4S2. The molecule has 2 amide bonds. The largest absolute Gasteiger partial charge is 0.353 e. The van der Waals surface area contributed by atoms with Gasteiger partial charge in [-0.2, -0.15) is 4.31 Å². The second-order valence-electron chi connectivity index (χ2n) is 8.67. The van der Waals surface area contributed by atoms with Crippen LogP contribution in [0, 0.1) is 5.92 Å². The fraction of sp³-hybridized carbons (Fsp3) is 0.714. The summed E-state index contributed by atoms with van der Waals surface area (Å²) >= 11 is 1.18. The molecule has 1 aliphatic carbocycles. The zero-order chi connectivity index (χ0) is 21.1. The smallest absolute Gasteiger partial charge is 0.253 e. The number of likely N-dealkylation sites (tertiary alicyclic amines) is 1. The first-order chi connectivity index (χ1) is 14.5. The number of amides is 2. The van der Waals surface area contributed by atoms with E-state index in [1.807, 2.05) is 0 Å². The number of piperidine rings is 1. The highest BCUT2D eigenvalue weighted by Gasteiger charge is 2.42. The maximum atomic E-state index is 13.3. The molecule has 0 bridgehead atoms. The standard InChI is InChI=1S/C21H31N3O4S2/c25-20(22-17-8-2-1-3-9-17)16-7-4-12-23(15-16)21(26)18-10-5-13-24(18)30(27,28)19-11-6-14-29-19/h6,11,14,16-18H,1-5,7-10,12-13,15H2,(H,22,25). The minimum Gasteiger partial charge on any atom is -0.353 e. The van der Waals surface area contributed by atoms with Crippen molar-refractivity contribution in [2.24, 2.45) is 5.92 Å². The van der Waals surface area contributed by atoms with Gasteiger partial charge in [0.1, 0.15) is 10.3 Å². The Kier molecular flexibility index (Phi) is 6.79. The first-order valence-electron chi connectivity index (χ1n) is 11.1. The number of carbonyl (C=O) groups is 2. The monoisotopic (exact) mass is 453 g/mol. The molecule has 2 aliphatic heterocycles. The van der Waals surface area contributed by atoms with Crippen molar-refractivity contribution in [1.29, 1.82) is 0 Å². The van der Waals surface area contributed by atoms with Crippen LogP contribution >= 0.6 is 11.3 Å². The maximum Gasteiger partial charge on any atom is 0.253 e. The van der Waals surface area contributed by atoms with E-state index < -0.39 is 16.1 Å². The molecule has 1 N–H and O–H groups in total. The van der Waals surface area contributed by atoms with Crippen LogP contribution < -0.4 is 5.32 Å². The van der Waals surface area contributed by atoms with Gasteiger partial charge in [-0.05, 0) is 50.0 Å². The summed E-state index contributed by atoms with van der Waals surface area (Å²) in [6.45, 7) is 1.35. The lowest BCUT2D eigenvalue weighted by Crippen LogP contribution is -2.53. The summed E-state index contributed by atoms with van der Waals surface area (Å²) in [6.07, 6.45) is 8.43. The van der Waals surface area contributed by atoms with Gasteiger partial charge in [0.15, 0.2) is 0 Å². The van der Waals surface area contributed by atoms with Crippen LogP contribution in [-0.4, -0.2) is 61.2 Å². The van der Waals surface area contributed by atoms with Gasteiger partial charge in [-0.1, -0.05) is 25.3 Å². The Balaban J connectivity index is 1.40. The topological polar surface area (TPSA) is 86.8 Å². The molecule has 3 fully saturated rings. The van der Waals surface area contributed by atoms with Gasteiger partial charge in [0, 0.05) is 25.7 Å². The molecule has 7 nitrogen and oxygen atoms in total. The highest BCUT2D eigenvalue weighted by atomic mass is 32.2. The maximum absolute atomic E-state index is 13.3. The van der Waals surface area contributed by atoms with E-state index in [1.165, 1.54) is 22.1 Å². The molecule has 1 aromatic heterocycles. The van der Waals surface area contributed by atoms with Crippen LogP contribution in [0.5, 0.6) is 0 Å². The van der Waals surface area contributed by atoms with Crippen LogP contribution in [0.1, 0.15) is 57.8 Å². The Labute approximate surface area is 182 Å². The molecule has 9 heteroatoms. The second kappa shape index (κ2) is 9.36. The van der Waals surface area contributed by atoms with Crippen LogP contribution in [-0.2, 0) is 19.6 Å². The third-order valence-corrected chi connectivity index (χ3v) is 9.88. The summed E-state index contributed by atoms with van der Waals surface area (Å²) in [4.78, 5) is 27.8. The molecule has 3 heterocycles. The summed E-state index contributed by atoms with van der Waals surface area (Å²) in [6, 6.07) is 2.91. The molecule has 0 radical (unpaired) electrons. The van der Waals surface area contributed by atoms with Crippen molar-refractivity contribution in [3.8, 4) is 0 Å². The van der Waals surface area contributed by atoms with Crippen molar-refractivity contribution in [3.05, 3.63) is 17.5 Å². The van der Waals surface area contributed by atoms with Crippen molar-refractivity contribution in [2.75, 3.05) is 19.6 Å². The van der Waals surface area contributed by atoms with Crippen LogP contribution in [0.3, 0.4) is 0 Å². The number of sulfonamides is 1. The Morgan fingerprint density at radius 3 is 2.50 bits per heavy atom. The molecule has 4 rings (SSSR count). The lowest BCUT2D eigenvalue weighted by molar-refractivity contribution is -0.138. The van der Waals surface area contributed by atoms with Crippen LogP contribution in [0.2, 0.25) is 0 Å². The number of nitrogens with zero attached hydrogens (tertiary/aromatic N) is 2. The highest BCUT2D eigenvalue weighted by Crippen LogP contribution is 2.30. The normalized spacial score (nSPS) is 26.6. The first kappa shape index (κ1) is 21.8. The number of rotatable bonds is 5. The Morgan fingerprint density at radius 1 is 1.00 bits per heavy atom. The van der Waals surface area contributed by atoms with E-state index in [0.717, 1.165) is 38.5 Å². The van der Waals surface area contributed by atoms with E-state index in [0.29, 0.717) is 32.5 Å². The van der Waals surface area contributed by atoms with E-state index in [-0.39, 0.29) is 28.0 Å². The Morgan fingerprint density at radius 2 is 1.77 bits per heavy atom. The third-order valence-electron chi connectivity index (χ3n) is 6.60. The zero-order valence-electron chi connectivity index (χ0n) is 17.3. The van der Waals surface area contributed by atoms with E-state index in [1.54, 1.807) is 22.4 Å². The molecule has 30 heavy (non-hydrogen) atoms. The molecule has 1 saturated carbocycles. The minimum absolute atomic E-state index is 0.0499. The first-order valence-corrected chi connectivity index (χ1v) is 13.4. The fourth-order valence-electron chi connectivity index (χ4n) is 4.97. The average molecular weight is 454 g/mol. The van der Waals surface area contributed by atoms with E-state index >= 15 is 0 Å². The molecule has 0 spiro atoms. The van der Waals surface area contributed by atoms with E-state index in [4.69, 9.17) is 0 Å². The number of thiophene rings is 1. The fourth-order valence-corrected chi connectivity index (χ4v) is 7.74. The van der Waals surface area contributed by atoms with Crippen molar-refractivity contribution >= 4 is 33.2 Å². The summed E-state index contributed by atoms with van der Waals surface area (Å²) < 4.78 is 27.6. The molecule has 1 aromatic rings. The van der Waals surface area contributed by atoms with Crippen molar-refractivity contribution < 1.29 is 18.0 Å². The lowest BCUT2D eigenvalue weighted by atomic mass is 9.92. The molecule has 2 unspecified atom stereocenters. The summed E-state index contributed by atoms with van der Waals surface area (Å²) in [5.41, 5.74) is 0. The van der Waals surface area contributed by atoms with Gasteiger partial charge in [0.2, 0.25) is 11.8 Å². The van der Waals surface area contributed by atoms with Gasteiger partial charge >= 0.3 is 0 Å².